The summed E-state index contributed by atoms with van der Waals surface area (Å²) in [6, 6.07) is 18.9. The van der Waals surface area contributed by atoms with Crippen LogP contribution < -0.4 is 11.1 Å². The third-order valence-electron chi connectivity index (χ3n) is 5.64. The molecule has 0 amide bonds. The monoisotopic (exact) mass is 402 g/mol. The molecule has 1 heterocycles. The van der Waals surface area contributed by atoms with Crippen LogP contribution in [0, 0.1) is 11.6 Å². The van der Waals surface area contributed by atoms with Gasteiger partial charge in [-0.3, -0.25) is 0 Å². The van der Waals surface area contributed by atoms with Crippen molar-refractivity contribution < 1.29 is 8.78 Å². The van der Waals surface area contributed by atoms with Crippen LogP contribution in [-0.4, -0.2) is 9.97 Å². The third kappa shape index (κ3) is 3.45. The van der Waals surface area contributed by atoms with Crippen LogP contribution in [0.4, 0.5) is 20.5 Å². The molecule has 3 N–H and O–H groups in total. The Morgan fingerprint density at radius 3 is 2.20 bits per heavy atom. The fraction of sp³-hybridized carbons (Fsp3) is 0.167. The molecule has 3 aromatic carbocycles. The predicted octanol–water partition coefficient (Wildman–Crippen LogP) is 5.18. The Kier molecular flexibility index (Phi) is 4.35. The zero-order chi connectivity index (χ0) is 20.7. The lowest BCUT2D eigenvalue weighted by Gasteiger charge is -2.21. The maximum Gasteiger partial charge on any atom is 0.222 e. The molecule has 0 radical (unpaired) electrons. The highest BCUT2D eigenvalue weighted by Gasteiger charge is 2.45. The number of nitrogens with zero attached hydrogens (tertiary/aromatic N) is 2. The minimum absolute atomic E-state index is 0.193. The second-order valence-corrected chi connectivity index (χ2v) is 7.76. The normalized spacial score (nSPS) is 14.6. The number of nitrogens with one attached hydrogen (secondary N) is 1. The van der Waals surface area contributed by atoms with E-state index < -0.39 is 0 Å². The van der Waals surface area contributed by atoms with Crippen LogP contribution in [0.1, 0.15) is 29.5 Å². The highest BCUT2D eigenvalue weighted by atomic mass is 19.1. The van der Waals surface area contributed by atoms with Crippen LogP contribution in [0.3, 0.4) is 0 Å². The first-order chi connectivity index (χ1) is 14.5. The second kappa shape index (κ2) is 7.06. The standard InChI is InChI=1S/C24H20F2N4/c25-18-8-4-15(5-9-18)14-16-2-1-3-20-21(16)22(29-23(27)28-20)30-24(12-13-24)17-6-10-19(26)11-7-17/h1-11H,12-14H2,(H3,27,28,29,30). The lowest BCUT2D eigenvalue weighted by atomic mass is 9.99. The van der Waals surface area contributed by atoms with Crippen molar-refractivity contribution >= 4 is 22.7 Å². The minimum Gasteiger partial charge on any atom is -0.368 e. The number of aromatic nitrogens is 2. The number of halogens is 2. The summed E-state index contributed by atoms with van der Waals surface area (Å²) in [4.78, 5) is 8.91. The average Bonchev–Trinajstić information content (AvgIpc) is 3.50. The first kappa shape index (κ1) is 18.5. The summed E-state index contributed by atoms with van der Waals surface area (Å²) in [5.74, 6) is 0.342. The molecule has 1 fully saturated rings. The topological polar surface area (TPSA) is 63.8 Å². The van der Waals surface area contributed by atoms with E-state index in [9.17, 15) is 8.78 Å². The van der Waals surface area contributed by atoms with Crippen molar-refractivity contribution in [3.8, 4) is 0 Å². The number of fused-ring (bicyclic) bond motifs is 1. The Morgan fingerprint density at radius 2 is 1.53 bits per heavy atom. The Hall–Kier alpha value is -3.54. The van der Waals surface area contributed by atoms with Crippen molar-refractivity contribution in [2.45, 2.75) is 24.8 Å². The third-order valence-corrected chi connectivity index (χ3v) is 5.64. The van der Waals surface area contributed by atoms with Crippen LogP contribution in [0.5, 0.6) is 0 Å². The van der Waals surface area contributed by atoms with Crippen molar-refractivity contribution in [2.24, 2.45) is 0 Å². The molecule has 0 spiro atoms. The van der Waals surface area contributed by atoms with E-state index >= 15 is 0 Å². The Morgan fingerprint density at radius 1 is 0.867 bits per heavy atom. The van der Waals surface area contributed by atoms with E-state index in [4.69, 9.17) is 5.73 Å². The van der Waals surface area contributed by atoms with Crippen LogP contribution >= 0.6 is 0 Å². The van der Waals surface area contributed by atoms with Gasteiger partial charge in [-0.05, 0) is 66.3 Å². The lowest BCUT2D eigenvalue weighted by Crippen LogP contribution is -2.20. The smallest absolute Gasteiger partial charge is 0.222 e. The van der Waals surface area contributed by atoms with Crippen molar-refractivity contribution in [2.75, 3.05) is 11.1 Å². The van der Waals surface area contributed by atoms with E-state index in [1.165, 1.54) is 24.3 Å². The maximum absolute atomic E-state index is 13.4. The fourth-order valence-corrected chi connectivity index (χ4v) is 3.94. The molecule has 1 aliphatic rings. The van der Waals surface area contributed by atoms with Gasteiger partial charge in [-0.15, -0.1) is 0 Å². The molecule has 0 saturated heterocycles. The van der Waals surface area contributed by atoms with Crippen LogP contribution in [0.2, 0.25) is 0 Å². The highest BCUT2D eigenvalue weighted by Crippen LogP contribution is 2.49. The number of hydrogen-bond acceptors (Lipinski definition) is 4. The van der Waals surface area contributed by atoms with Gasteiger partial charge in [0.15, 0.2) is 0 Å². The van der Waals surface area contributed by atoms with Crippen molar-refractivity contribution in [1.29, 1.82) is 0 Å². The highest BCUT2D eigenvalue weighted by molar-refractivity contribution is 5.93. The van der Waals surface area contributed by atoms with E-state index in [-0.39, 0.29) is 23.1 Å². The van der Waals surface area contributed by atoms with Gasteiger partial charge in [0.1, 0.15) is 17.5 Å². The average molecular weight is 402 g/mol. The van der Waals surface area contributed by atoms with E-state index in [0.717, 1.165) is 40.4 Å². The summed E-state index contributed by atoms with van der Waals surface area (Å²) < 4.78 is 26.7. The first-order valence-electron chi connectivity index (χ1n) is 9.86. The molecule has 0 unspecified atom stereocenters. The van der Waals surface area contributed by atoms with Gasteiger partial charge in [-0.1, -0.05) is 36.4 Å². The van der Waals surface area contributed by atoms with Crippen LogP contribution in [-0.2, 0) is 12.0 Å². The molecule has 6 heteroatoms. The number of nitrogen functional groups attached to an aromatic ring is 1. The SMILES string of the molecule is Nc1nc(NC2(c3ccc(F)cc3)CC2)c2c(Cc3ccc(F)cc3)cccc2n1. The molecule has 5 rings (SSSR count). The van der Waals surface area contributed by atoms with E-state index in [1.807, 2.05) is 30.3 Å². The first-order valence-corrected chi connectivity index (χ1v) is 9.86. The molecule has 30 heavy (non-hydrogen) atoms. The van der Waals surface area contributed by atoms with Gasteiger partial charge in [0.25, 0.3) is 0 Å². The molecule has 4 aromatic rings. The Balaban J connectivity index is 1.57. The summed E-state index contributed by atoms with van der Waals surface area (Å²) in [7, 11) is 0. The zero-order valence-corrected chi connectivity index (χ0v) is 16.2. The number of anilines is 2. The summed E-state index contributed by atoms with van der Waals surface area (Å²) in [6.07, 6.45) is 2.46. The fourth-order valence-electron chi connectivity index (χ4n) is 3.94. The molecule has 0 bridgehead atoms. The molecule has 1 aromatic heterocycles. The Bertz CT molecular complexity index is 1220. The number of hydrogen-bond donors (Lipinski definition) is 2. The largest absolute Gasteiger partial charge is 0.368 e. The van der Waals surface area contributed by atoms with Gasteiger partial charge in [0.05, 0.1) is 11.1 Å². The van der Waals surface area contributed by atoms with Gasteiger partial charge >= 0.3 is 0 Å². The van der Waals surface area contributed by atoms with Crippen molar-refractivity contribution in [3.63, 3.8) is 0 Å². The summed E-state index contributed by atoms with van der Waals surface area (Å²) >= 11 is 0. The van der Waals surface area contributed by atoms with Crippen LogP contribution in [0.15, 0.2) is 66.7 Å². The Labute approximate surface area is 172 Å². The van der Waals surface area contributed by atoms with Crippen LogP contribution in [0.25, 0.3) is 10.9 Å². The molecule has 0 atom stereocenters. The quantitative estimate of drug-likeness (QED) is 0.483. The predicted molar refractivity (Wildman–Crippen MR) is 114 cm³/mol. The zero-order valence-electron chi connectivity index (χ0n) is 16.2. The second-order valence-electron chi connectivity index (χ2n) is 7.76. The van der Waals surface area contributed by atoms with Crippen molar-refractivity contribution in [3.05, 3.63) is 95.1 Å². The summed E-state index contributed by atoms with van der Waals surface area (Å²) in [5.41, 5.74) is 9.49. The van der Waals surface area contributed by atoms with E-state index in [0.29, 0.717) is 12.2 Å². The van der Waals surface area contributed by atoms with Gasteiger partial charge in [-0.25, -0.2) is 13.8 Å². The molecule has 150 valence electrons. The van der Waals surface area contributed by atoms with Gasteiger partial charge in [0, 0.05) is 5.39 Å². The van der Waals surface area contributed by atoms with Gasteiger partial charge in [0.2, 0.25) is 5.95 Å². The maximum atomic E-state index is 13.4. The molecule has 1 saturated carbocycles. The van der Waals surface area contributed by atoms with E-state index in [1.54, 1.807) is 12.1 Å². The summed E-state index contributed by atoms with van der Waals surface area (Å²) in [6.45, 7) is 0. The molecule has 0 aliphatic heterocycles. The summed E-state index contributed by atoms with van der Waals surface area (Å²) in [5, 5.41) is 4.46. The molecule has 1 aliphatic carbocycles. The number of rotatable bonds is 5. The van der Waals surface area contributed by atoms with Gasteiger partial charge < -0.3 is 11.1 Å². The van der Waals surface area contributed by atoms with Gasteiger partial charge in [-0.2, -0.15) is 4.98 Å². The number of benzene rings is 3. The van der Waals surface area contributed by atoms with Crippen molar-refractivity contribution in [1.82, 2.24) is 9.97 Å². The minimum atomic E-state index is -0.287. The molecular weight excluding hydrogens is 382 g/mol. The molecular formula is C24H20F2N4. The lowest BCUT2D eigenvalue weighted by molar-refractivity contribution is 0.625. The van der Waals surface area contributed by atoms with E-state index in [2.05, 4.69) is 15.3 Å². The number of nitrogens with two attached hydrogens (primary N) is 1. The molecule has 4 nitrogen and oxygen atoms in total.